The third-order valence-electron chi connectivity index (χ3n) is 2.65. The lowest BCUT2D eigenvalue weighted by atomic mass is 10.2. The molecule has 0 atom stereocenters. The zero-order valence-corrected chi connectivity index (χ0v) is 8.23. The standard InChI is InChI=1S/C13H11NO/c14-10-6-2-4-8-12-13(10)9-5-1-3-7-11(9)15-12/h1-3,5-8H,4,14H2. The van der Waals surface area contributed by atoms with Crippen molar-refractivity contribution in [1.82, 2.24) is 0 Å². The summed E-state index contributed by atoms with van der Waals surface area (Å²) in [6.45, 7) is 0. The maximum absolute atomic E-state index is 6.01. The highest BCUT2D eigenvalue weighted by Crippen LogP contribution is 2.08. The number of hydrogen-bond donors (Lipinski definition) is 1. The summed E-state index contributed by atoms with van der Waals surface area (Å²) in [7, 11) is 0. The molecule has 0 amide bonds. The highest BCUT2D eigenvalue weighted by Gasteiger charge is 2.05. The first-order chi connectivity index (χ1) is 7.36. The molecule has 0 radical (unpaired) electrons. The fourth-order valence-electron chi connectivity index (χ4n) is 1.96. The number of fused-ring (bicyclic) bond motifs is 3. The van der Waals surface area contributed by atoms with Crippen LogP contribution in [0.2, 0.25) is 0 Å². The van der Waals surface area contributed by atoms with E-state index in [9.17, 15) is 0 Å². The third-order valence-corrected chi connectivity index (χ3v) is 2.65. The fourth-order valence-corrected chi connectivity index (χ4v) is 1.96. The Morgan fingerprint density at radius 1 is 1.20 bits per heavy atom. The van der Waals surface area contributed by atoms with E-state index >= 15 is 0 Å². The van der Waals surface area contributed by atoms with Gasteiger partial charge in [0.15, 0.2) is 0 Å². The maximum Gasteiger partial charge on any atom is 0.135 e. The number of allylic oxidation sites excluding steroid dienone is 1. The molecular formula is C13H11NO. The van der Waals surface area contributed by atoms with Gasteiger partial charge in [-0.15, -0.1) is 0 Å². The summed E-state index contributed by atoms with van der Waals surface area (Å²) in [6.07, 6.45) is 6.92. The number of hydrogen-bond acceptors (Lipinski definition) is 2. The number of benzene rings is 1. The minimum absolute atomic E-state index is 0.781. The highest BCUT2D eigenvalue weighted by atomic mass is 16.3. The molecule has 3 rings (SSSR count). The third kappa shape index (κ3) is 1.18. The normalized spacial score (nSPS) is 14.8. The lowest BCUT2D eigenvalue weighted by molar-refractivity contribution is 0.574. The predicted octanol–water partition coefficient (Wildman–Crippen LogP) is 1.24. The van der Waals surface area contributed by atoms with Gasteiger partial charge in [-0.2, -0.15) is 0 Å². The average molecular weight is 197 g/mol. The van der Waals surface area contributed by atoms with E-state index in [4.69, 9.17) is 10.2 Å². The van der Waals surface area contributed by atoms with Crippen LogP contribution in [0.15, 0.2) is 40.8 Å². The fraction of sp³-hybridized carbons (Fsp3) is 0.0769. The Kier molecular flexibility index (Phi) is 1.68. The van der Waals surface area contributed by atoms with E-state index < -0.39 is 0 Å². The van der Waals surface area contributed by atoms with Gasteiger partial charge < -0.3 is 10.2 Å². The zero-order valence-electron chi connectivity index (χ0n) is 8.23. The number of nitrogens with two attached hydrogens (primary N) is 1. The Balaban J connectivity index is 2.64. The molecule has 1 heterocycles. The topological polar surface area (TPSA) is 39.2 Å². The molecule has 0 fully saturated rings. The van der Waals surface area contributed by atoms with Crippen LogP contribution in [0, 0.1) is 0 Å². The van der Waals surface area contributed by atoms with Crippen LogP contribution in [0.25, 0.3) is 22.7 Å². The second kappa shape index (κ2) is 3.02. The van der Waals surface area contributed by atoms with Crippen molar-refractivity contribution in [2.45, 2.75) is 6.42 Å². The van der Waals surface area contributed by atoms with Crippen molar-refractivity contribution in [3.63, 3.8) is 0 Å². The Morgan fingerprint density at radius 2 is 2.07 bits per heavy atom. The van der Waals surface area contributed by atoms with Crippen LogP contribution >= 0.6 is 0 Å². The molecule has 2 aromatic rings. The molecule has 0 unspecified atom stereocenters. The van der Waals surface area contributed by atoms with E-state index in [1.165, 1.54) is 0 Å². The number of para-hydroxylation sites is 1. The molecule has 2 nitrogen and oxygen atoms in total. The molecule has 0 bridgehead atoms. The molecule has 0 saturated carbocycles. The Labute approximate surface area is 87.0 Å². The second-order valence-corrected chi connectivity index (χ2v) is 3.64. The van der Waals surface area contributed by atoms with Gasteiger partial charge in [0, 0.05) is 11.1 Å². The van der Waals surface area contributed by atoms with Gasteiger partial charge in [0.05, 0.1) is 5.22 Å². The summed E-state index contributed by atoms with van der Waals surface area (Å²) in [6, 6.07) is 7.98. The van der Waals surface area contributed by atoms with Gasteiger partial charge in [-0.05, 0) is 24.6 Å². The van der Waals surface area contributed by atoms with Crippen molar-refractivity contribution in [2.75, 3.05) is 0 Å². The van der Waals surface area contributed by atoms with Gasteiger partial charge in [0.2, 0.25) is 0 Å². The quantitative estimate of drug-likeness (QED) is 0.690. The van der Waals surface area contributed by atoms with Crippen molar-refractivity contribution >= 4 is 22.7 Å². The summed E-state index contributed by atoms with van der Waals surface area (Å²) < 4.78 is 5.74. The van der Waals surface area contributed by atoms with Crippen molar-refractivity contribution in [1.29, 1.82) is 0 Å². The minimum Gasteiger partial charge on any atom is -0.456 e. The Morgan fingerprint density at radius 3 is 3.00 bits per heavy atom. The van der Waals surface area contributed by atoms with Crippen LogP contribution in [0.3, 0.4) is 0 Å². The smallest absolute Gasteiger partial charge is 0.135 e. The van der Waals surface area contributed by atoms with Gasteiger partial charge in [0.1, 0.15) is 11.0 Å². The lowest BCUT2D eigenvalue weighted by Gasteiger charge is -1.89. The summed E-state index contributed by atoms with van der Waals surface area (Å²) in [5, 5.41) is 2.12. The first-order valence-corrected chi connectivity index (χ1v) is 5.00. The number of furan rings is 1. The van der Waals surface area contributed by atoms with Crippen molar-refractivity contribution in [3.8, 4) is 0 Å². The molecule has 1 aliphatic carbocycles. The molecule has 74 valence electrons. The molecule has 15 heavy (non-hydrogen) atoms. The van der Waals surface area contributed by atoms with E-state index in [-0.39, 0.29) is 0 Å². The highest BCUT2D eigenvalue weighted by molar-refractivity contribution is 5.81. The SMILES string of the molecule is NC1=c2c(oc3ccccc23)=CCC=C1. The van der Waals surface area contributed by atoms with E-state index in [0.29, 0.717) is 0 Å². The summed E-state index contributed by atoms with van der Waals surface area (Å²) >= 11 is 0. The van der Waals surface area contributed by atoms with Crippen LogP contribution in [-0.4, -0.2) is 0 Å². The molecule has 1 aliphatic rings. The van der Waals surface area contributed by atoms with E-state index in [0.717, 1.165) is 33.7 Å². The van der Waals surface area contributed by atoms with Crippen LogP contribution in [-0.2, 0) is 0 Å². The maximum atomic E-state index is 6.01. The monoisotopic (exact) mass is 197 g/mol. The Bertz CT molecular complexity index is 661. The molecule has 2 heteroatoms. The summed E-state index contributed by atoms with van der Waals surface area (Å²) in [5.41, 5.74) is 8.58. The van der Waals surface area contributed by atoms with Crippen LogP contribution in [0.5, 0.6) is 0 Å². The molecular weight excluding hydrogens is 186 g/mol. The molecule has 0 aliphatic heterocycles. The van der Waals surface area contributed by atoms with Crippen LogP contribution in [0.1, 0.15) is 6.42 Å². The molecule has 0 saturated heterocycles. The van der Waals surface area contributed by atoms with Crippen molar-refractivity contribution < 1.29 is 4.42 Å². The Hall–Kier alpha value is -1.96. The van der Waals surface area contributed by atoms with E-state index in [1.807, 2.05) is 36.4 Å². The van der Waals surface area contributed by atoms with Gasteiger partial charge in [-0.25, -0.2) is 0 Å². The second-order valence-electron chi connectivity index (χ2n) is 3.64. The first kappa shape index (κ1) is 8.36. The minimum atomic E-state index is 0.781. The van der Waals surface area contributed by atoms with Crippen LogP contribution in [0.4, 0.5) is 0 Å². The predicted molar refractivity (Wildman–Crippen MR) is 61.3 cm³/mol. The lowest BCUT2D eigenvalue weighted by Crippen LogP contribution is -2.24. The number of rotatable bonds is 0. The molecule has 1 aromatic heterocycles. The van der Waals surface area contributed by atoms with Gasteiger partial charge in [-0.1, -0.05) is 24.3 Å². The van der Waals surface area contributed by atoms with Crippen molar-refractivity contribution in [2.24, 2.45) is 5.73 Å². The largest absolute Gasteiger partial charge is 0.456 e. The summed E-state index contributed by atoms with van der Waals surface area (Å²) in [5.74, 6) is 0. The van der Waals surface area contributed by atoms with Gasteiger partial charge in [0.25, 0.3) is 0 Å². The van der Waals surface area contributed by atoms with Gasteiger partial charge >= 0.3 is 0 Å². The average Bonchev–Trinajstić information content (AvgIpc) is 2.53. The molecule has 0 spiro atoms. The molecule has 2 N–H and O–H groups in total. The zero-order chi connectivity index (χ0) is 10.3. The molecule has 1 aromatic carbocycles. The van der Waals surface area contributed by atoms with Crippen molar-refractivity contribution in [3.05, 3.63) is 47.1 Å². The van der Waals surface area contributed by atoms with Gasteiger partial charge in [-0.3, -0.25) is 0 Å². The van der Waals surface area contributed by atoms with Crippen LogP contribution < -0.4 is 16.4 Å². The first-order valence-electron chi connectivity index (χ1n) is 5.00. The van der Waals surface area contributed by atoms with E-state index in [1.54, 1.807) is 0 Å². The summed E-state index contributed by atoms with van der Waals surface area (Å²) in [4.78, 5) is 0. The van der Waals surface area contributed by atoms with E-state index in [2.05, 4.69) is 6.08 Å².